The molecule has 1 amide bonds. The van der Waals surface area contributed by atoms with Crippen LogP contribution in [-0.4, -0.2) is 22.1 Å². The molecular weight excluding hydrogens is 226 g/mol. The summed E-state index contributed by atoms with van der Waals surface area (Å²) in [6.45, 7) is 1.97. The molecule has 1 aliphatic heterocycles. The number of allylic oxidation sites excluding steroid dienone is 1. The van der Waals surface area contributed by atoms with Crippen LogP contribution in [0.25, 0.3) is 0 Å². The first kappa shape index (κ1) is 11.5. The van der Waals surface area contributed by atoms with Gasteiger partial charge in [0.1, 0.15) is 6.23 Å². The van der Waals surface area contributed by atoms with E-state index in [1.54, 1.807) is 4.90 Å². The summed E-state index contributed by atoms with van der Waals surface area (Å²) in [6.07, 6.45) is 4.06. The van der Waals surface area contributed by atoms with Crippen LogP contribution in [0.15, 0.2) is 42.5 Å². The largest absolute Gasteiger partial charge is 0.373 e. The van der Waals surface area contributed by atoms with Crippen molar-refractivity contribution < 1.29 is 9.90 Å². The van der Waals surface area contributed by atoms with Crippen molar-refractivity contribution in [3.8, 4) is 0 Å². The summed E-state index contributed by atoms with van der Waals surface area (Å²) in [4.78, 5) is 14.0. The number of carbonyl (C=O) groups excluding carboxylic acids is 1. The predicted molar refractivity (Wildman–Crippen MR) is 68.4 cm³/mol. The first-order chi connectivity index (χ1) is 8.70. The number of aliphatic hydroxyl groups excluding tert-OH is 1. The van der Waals surface area contributed by atoms with Crippen LogP contribution in [0.4, 0.5) is 0 Å². The first-order valence-electron chi connectivity index (χ1n) is 6.42. The second kappa shape index (κ2) is 4.25. The Morgan fingerprint density at radius 3 is 2.72 bits per heavy atom. The lowest BCUT2D eigenvalue weighted by atomic mass is 9.98. The third-order valence-corrected chi connectivity index (χ3v) is 4.11. The van der Waals surface area contributed by atoms with Crippen LogP contribution < -0.4 is 0 Å². The van der Waals surface area contributed by atoms with Crippen molar-refractivity contribution in [2.45, 2.75) is 25.6 Å². The number of nitrogens with zero attached hydrogens (tertiary/aromatic N) is 1. The fraction of sp³-hybridized carbons (Fsp3) is 0.400. The minimum absolute atomic E-state index is 0.0244. The number of hydrogen-bond donors (Lipinski definition) is 1. The predicted octanol–water partition coefficient (Wildman–Crippen LogP) is 2.10. The Bertz CT molecular complexity index is 483. The third kappa shape index (κ3) is 1.58. The molecule has 1 N–H and O–H groups in total. The smallest absolute Gasteiger partial charge is 0.229 e. The highest BCUT2D eigenvalue weighted by Crippen LogP contribution is 2.41. The van der Waals surface area contributed by atoms with E-state index in [2.05, 4.69) is 0 Å². The van der Waals surface area contributed by atoms with Crippen molar-refractivity contribution in [1.29, 1.82) is 0 Å². The molecule has 0 aromatic heterocycles. The van der Waals surface area contributed by atoms with E-state index >= 15 is 0 Å². The van der Waals surface area contributed by atoms with E-state index in [4.69, 9.17) is 0 Å². The van der Waals surface area contributed by atoms with Crippen molar-refractivity contribution in [3.63, 3.8) is 0 Å². The molecule has 0 unspecified atom stereocenters. The zero-order valence-corrected chi connectivity index (χ0v) is 10.4. The lowest BCUT2D eigenvalue weighted by Crippen LogP contribution is -2.37. The maximum atomic E-state index is 12.3. The SMILES string of the molecule is C[C@@H](c1ccccc1)N1C(=O)[C@H]2CC=C[C@H]2[C@@H]1O. The first-order valence-corrected chi connectivity index (χ1v) is 6.42. The van der Waals surface area contributed by atoms with Crippen molar-refractivity contribution in [2.24, 2.45) is 11.8 Å². The van der Waals surface area contributed by atoms with Gasteiger partial charge in [0.15, 0.2) is 0 Å². The summed E-state index contributed by atoms with van der Waals surface area (Å²) in [5.74, 6) is 0.00341. The average molecular weight is 243 g/mol. The minimum atomic E-state index is -0.684. The molecule has 3 rings (SSSR count). The van der Waals surface area contributed by atoms with Gasteiger partial charge in [-0.2, -0.15) is 0 Å². The molecule has 0 spiro atoms. The van der Waals surface area contributed by atoms with E-state index < -0.39 is 6.23 Å². The molecule has 94 valence electrons. The van der Waals surface area contributed by atoms with Crippen LogP contribution in [-0.2, 0) is 4.79 Å². The number of benzene rings is 1. The van der Waals surface area contributed by atoms with Crippen LogP contribution in [0.5, 0.6) is 0 Å². The summed E-state index contributed by atoms with van der Waals surface area (Å²) in [6, 6.07) is 9.78. The molecule has 0 radical (unpaired) electrons. The standard InChI is InChI=1S/C15H17NO2/c1-10(11-6-3-2-4-7-11)16-14(17)12-8-5-9-13(12)15(16)18/h2-8,10,12-14,17H,9H2,1H3/t10-,12+,13-,14-/m0/s1. The number of amides is 1. The fourth-order valence-electron chi connectivity index (χ4n) is 3.07. The van der Waals surface area contributed by atoms with Gasteiger partial charge < -0.3 is 10.0 Å². The maximum absolute atomic E-state index is 12.3. The number of likely N-dealkylation sites (tertiary alicyclic amines) is 1. The quantitative estimate of drug-likeness (QED) is 0.808. The highest BCUT2D eigenvalue weighted by molar-refractivity contribution is 5.83. The highest BCUT2D eigenvalue weighted by atomic mass is 16.3. The third-order valence-electron chi connectivity index (χ3n) is 4.11. The molecule has 1 fully saturated rings. The molecule has 18 heavy (non-hydrogen) atoms. The molecule has 4 atom stereocenters. The van der Waals surface area contributed by atoms with Gasteiger partial charge in [0, 0.05) is 5.92 Å². The van der Waals surface area contributed by atoms with Crippen molar-refractivity contribution in [3.05, 3.63) is 48.0 Å². The van der Waals surface area contributed by atoms with Gasteiger partial charge in [-0.1, -0.05) is 42.5 Å². The molecule has 1 heterocycles. The van der Waals surface area contributed by atoms with E-state index in [0.29, 0.717) is 0 Å². The molecule has 0 saturated carbocycles. The van der Waals surface area contributed by atoms with Crippen molar-refractivity contribution in [2.75, 3.05) is 0 Å². The Hall–Kier alpha value is -1.61. The van der Waals surface area contributed by atoms with Gasteiger partial charge in [-0.3, -0.25) is 4.79 Å². The summed E-state index contributed by atoms with van der Waals surface area (Å²) < 4.78 is 0. The van der Waals surface area contributed by atoms with Gasteiger partial charge in [0.25, 0.3) is 0 Å². The van der Waals surface area contributed by atoms with Crippen LogP contribution in [0.1, 0.15) is 24.9 Å². The molecule has 1 aliphatic carbocycles. The molecule has 1 aromatic rings. The summed E-state index contributed by atoms with van der Waals surface area (Å²) >= 11 is 0. The number of rotatable bonds is 2. The second-order valence-corrected chi connectivity index (χ2v) is 5.09. The van der Waals surface area contributed by atoms with Gasteiger partial charge in [0.05, 0.1) is 12.0 Å². The Kier molecular flexibility index (Phi) is 2.71. The van der Waals surface area contributed by atoms with E-state index in [0.717, 1.165) is 12.0 Å². The molecule has 1 saturated heterocycles. The number of hydrogen-bond acceptors (Lipinski definition) is 2. The summed E-state index contributed by atoms with van der Waals surface area (Å²) in [7, 11) is 0. The van der Waals surface area contributed by atoms with E-state index in [-0.39, 0.29) is 23.8 Å². The molecule has 3 heteroatoms. The molecular formula is C15H17NO2. The van der Waals surface area contributed by atoms with Crippen molar-refractivity contribution in [1.82, 2.24) is 4.90 Å². The lowest BCUT2D eigenvalue weighted by molar-refractivity contribution is -0.138. The Morgan fingerprint density at radius 2 is 2.06 bits per heavy atom. The van der Waals surface area contributed by atoms with Crippen LogP contribution in [0.3, 0.4) is 0 Å². The summed E-state index contributed by atoms with van der Waals surface area (Å²) in [5.41, 5.74) is 1.06. The highest BCUT2D eigenvalue weighted by Gasteiger charge is 2.49. The van der Waals surface area contributed by atoms with Crippen LogP contribution in [0.2, 0.25) is 0 Å². The molecule has 0 bridgehead atoms. The average Bonchev–Trinajstić information content (AvgIpc) is 2.95. The van der Waals surface area contributed by atoms with Gasteiger partial charge >= 0.3 is 0 Å². The van der Waals surface area contributed by atoms with Gasteiger partial charge in [-0.25, -0.2) is 0 Å². The topological polar surface area (TPSA) is 40.5 Å². The molecule has 1 aromatic carbocycles. The zero-order chi connectivity index (χ0) is 12.7. The van der Waals surface area contributed by atoms with Crippen molar-refractivity contribution >= 4 is 5.91 Å². The minimum Gasteiger partial charge on any atom is -0.373 e. The van der Waals surface area contributed by atoms with E-state index in [1.165, 1.54) is 0 Å². The normalized spacial score (nSPS) is 31.8. The maximum Gasteiger partial charge on any atom is 0.229 e. The second-order valence-electron chi connectivity index (χ2n) is 5.09. The molecule has 3 nitrogen and oxygen atoms in total. The lowest BCUT2D eigenvalue weighted by Gasteiger charge is -2.29. The Balaban J connectivity index is 1.89. The van der Waals surface area contributed by atoms with E-state index in [1.807, 2.05) is 49.4 Å². The van der Waals surface area contributed by atoms with Crippen LogP contribution in [0, 0.1) is 11.8 Å². The zero-order valence-electron chi connectivity index (χ0n) is 10.4. The molecule has 2 aliphatic rings. The number of aliphatic hydroxyl groups is 1. The Labute approximate surface area is 107 Å². The van der Waals surface area contributed by atoms with Gasteiger partial charge in [-0.15, -0.1) is 0 Å². The summed E-state index contributed by atoms with van der Waals surface area (Å²) in [5, 5.41) is 10.3. The van der Waals surface area contributed by atoms with Gasteiger partial charge in [-0.05, 0) is 18.9 Å². The van der Waals surface area contributed by atoms with Crippen LogP contribution >= 0.6 is 0 Å². The van der Waals surface area contributed by atoms with Gasteiger partial charge in [0.2, 0.25) is 5.91 Å². The number of carbonyl (C=O) groups is 1. The monoisotopic (exact) mass is 243 g/mol. The fourth-order valence-corrected chi connectivity index (χ4v) is 3.07. The van der Waals surface area contributed by atoms with E-state index in [9.17, 15) is 9.90 Å². The Morgan fingerprint density at radius 1 is 1.33 bits per heavy atom. The number of fused-ring (bicyclic) bond motifs is 1.